The van der Waals surface area contributed by atoms with E-state index in [9.17, 15) is 19.8 Å². The Kier molecular flexibility index (Phi) is 12.5. The minimum Gasteiger partial charge on any atom is -0.859 e. The number of aliphatic carboxylic acids is 1. The summed E-state index contributed by atoms with van der Waals surface area (Å²) in [6.45, 7) is 2.47. The first-order valence-electron chi connectivity index (χ1n) is 14.3. The van der Waals surface area contributed by atoms with E-state index in [-0.39, 0.29) is 23.9 Å². The predicted molar refractivity (Wildman–Crippen MR) is 154 cm³/mol. The number of carboxylic acid groups (broad SMARTS) is 1. The molecule has 0 aromatic carbocycles. The lowest BCUT2D eigenvalue weighted by Crippen LogP contribution is -2.46. The third kappa shape index (κ3) is 10.7. The zero-order valence-electron chi connectivity index (χ0n) is 23.3. The molecule has 1 aliphatic rings. The Bertz CT molecular complexity index is 1100. The van der Waals surface area contributed by atoms with Gasteiger partial charge in [-0.25, -0.2) is 4.79 Å². The van der Waals surface area contributed by atoms with E-state index in [4.69, 9.17) is 11.1 Å². The second-order valence-corrected chi connectivity index (χ2v) is 10.7. The second kappa shape index (κ2) is 16.3. The summed E-state index contributed by atoms with van der Waals surface area (Å²) in [6.07, 6.45) is 14.8. The Balaban J connectivity index is 1.72. The molecule has 0 saturated heterocycles. The molecule has 40 heavy (non-hydrogen) atoms. The minimum atomic E-state index is -1.02. The third-order valence-electron chi connectivity index (χ3n) is 7.40. The lowest BCUT2D eigenvalue weighted by atomic mass is 9.85. The summed E-state index contributed by atoms with van der Waals surface area (Å²) in [7, 11) is 0. The number of carboxylic acids is 1. The van der Waals surface area contributed by atoms with E-state index in [1.54, 1.807) is 12.4 Å². The van der Waals surface area contributed by atoms with Gasteiger partial charge in [-0.1, -0.05) is 75.3 Å². The maximum atomic E-state index is 11.9. The van der Waals surface area contributed by atoms with Crippen molar-refractivity contribution in [3.63, 3.8) is 0 Å². The number of guanidine groups is 1. The van der Waals surface area contributed by atoms with Crippen LogP contribution in [0.1, 0.15) is 70.3 Å². The van der Waals surface area contributed by atoms with Crippen molar-refractivity contribution in [2.24, 2.45) is 22.6 Å². The van der Waals surface area contributed by atoms with Gasteiger partial charge in [0.2, 0.25) is 0 Å². The number of aromatic nitrogens is 2. The number of H-pyrrole nitrogens is 1. The molecule has 4 unspecified atom stereocenters. The van der Waals surface area contributed by atoms with Gasteiger partial charge in [0.25, 0.3) is 0 Å². The molecule has 10 nitrogen and oxygen atoms in total. The van der Waals surface area contributed by atoms with Crippen LogP contribution in [-0.2, 0) is 16.0 Å². The van der Waals surface area contributed by atoms with Crippen LogP contribution in [0.3, 0.4) is 0 Å². The van der Waals surface area contributed by atoms with Crippen LogP contribution in [0.15, 0.2) is 53.3 Å². The van der Waals surface area contributed by atoms with Crippen LogP contribution in [-0.4, -0.2) is 51.9 Å². The zero-order chi connectivity index (χ0) is 28.7. The van der Waals surface area contributed by atoms with Crippen LogP contribution < -0.4 is 16.2 Å². The summed E-state index contributed by atoms with van der Waals surface area (Å²) < 4.78 is 0. The van der Waals surface area contributed by atoms with Crippen molar-refractivity contribution < 1.29 is 19.8 Å². The summed E-state index contributed by atoms with van der Waals surface area (Å²) in [5, 5.41) is 29.3. The molecule has 5 N–H and O–H groups in total. The average molecular weight is 551 g/mol. The number of aldehydes is 1. The van der Waals surface area contributed by atoms with Crippen molar-refractivity contribution in [2.45, 2.75) is 83.2 Å². The van der Waals surface area contributed by atoms with Gasteiger partial charge in [-0.15, -0.1) is 0 Å². The van der Waals surface area contributed by atoms with Gasteiger partial charge in [0, 0.05) is 24.7 Å². The number of carbonyl (C=O) groups is 2. The van der Waals surface area contributed by atoms with Gasteiger partial charge in [-0.05, 0) is 61.1 Å². The lowest BCUT2D eigenvalue weighted by Gasteiger charge is -2.35. The smallest absolute Gasteiger partial charge is 0.328 e. The summed E-state index contributed by atoms with van der Waals surface area (Å²) in [5.74, 6) is 0.148. The molecule has 4 atom stereocenters. The molecule has 0 bridgehead atoms. The molecule has 0 amide bonds. The number of pyridine rings is 1. The SMILES string of the molecule is CC(C=O)CCCCCCC(CCC([N-]c1ccc[nH]1)C(=CC(=O)O)C1CCN=C(N)N1)Cc1ccc([O-])nc1. The molecule has 3 heterocycles. The van der Waals surface area contributed by atoms with Gasteiger partial charge in [0.05, 0.1) is 6.04 Å². The van der Waals surface area contributed by atoms with E-state index < -0.39 is 5.97 Å². The van der Waals surface area contributed by atoms with Crippen LogP contribution >= 0.6 is 0 Å². The van der Waals surface area contributed by atoms with Gasteiger partial charge in [-0.2, -0.15) is 0 Å². The first-order valence-corrected chi connectivity index (χ1v) is 14.3. The molecule has 0 fully saturated rings. The van der Waals surface area contributed by atoms with E-state index in [1.807, 2.05) is 25.1 Å². The standard InChI is InChI=1S/C30H43N6O4/c1-21(20-37)7-4-2-3-5-8-22(17-23-11-13-28(38)34-19-23)10-12-25(35-27-9-6-15-32-27)24(18-29(39)40)26-14-16-33-30(31)36-26/h6,9,11,13,15,18-22,25-26,32H,2-5,7-8,10,12,14,16-17H2,1H3,(H,34,38)(H,39,40)(H3,31,33,36)/q-1/p-1. The van der Waals surface area contributed by atoms with Crippen LogP contribution in [0.4, 0.5) is 5.82 Å². The first kappa shape index (κ1) is 30.7. The largest absolute Gasteiger partial charge is 0.859 e. The van der Waals surface area contributed by atoms with Crippen molar-refractivity contribution in [1.82, 2.24) is 15.3 Å². The van der Waals surface area contributed by atoms with Gasteiger partial charge in [0.1, 0.15) is 6.29 Å². The van der Waals surface area contributed by atoms with Crippen molar-refractivity contribution in [1.29, 1.82) is 0 Å². The molecule has 0 spiro atoms. The average Bonchev–Trinajstić information content (AvgIpc) is 3.45. The van der Waals surface area contributed by atoms with Gasteiger partial charge in [0.15, 0.2) is 5.96 Å². The second-order valence-electron chi connectivity index (χ2n) is 10.7. The number of carbonyl (C=O) groups excluding carboxylic acids is 1. The maximum absolute atomic E-state index is 11.9. The first-order chi connectivity index (χ1) is 19.3. The number of nitrogens with two attached hydrogens (primary N) is 1. The molecule has 3 rings (SSSR count). The summed E-state index contributed by atoms with van der Waals surface area (Å²) >= 11 is 0. The fourth-order valence-corrected chi connectivity index (χ4v) is 5.23. The Morgan fingerprint density at radius 2 is 2.00 bits per heavy atom. The summed E-state index contributed by atoms with van der Waals surface area (Å²) in [5.41, 5.74) is 7.64. The number of nitrogens with zero attached hydrogens (tertiary/aromatic N) is 3. The summed E-state index contributed by atoms with van der Waals surface area (Å²) in [4.78, 5) is 34.0. The van der Waals surface area contributed by atoms with Crippen molar-refractivity contribution in [2.75, 3.05) is 6.54 Å². The Morgan fingerprint density at radius 1 is 1.20 bits per heavy atom. The number of hydrogen-bond acceptors (Lipinski definition) is 7. The fraction of sp³-hybridized carbons (Fsp3) is 0.533. The Hall–Kier alpha value is -3.82. The van der Waals surface area contributed by atoms with E-state index in [1.165, 1.54) is 12.1 Å². The number of aliphatic imine (C=N–C) groups is 1. The van der Waals surface area contributed by atoms with Gasteiger partial charge in [-0.3, -0.25) is 9.98 Å². The van der Waals surface area contributed by atoms with E-state index in [2.05, 4.69) is 20.3 Å². The van der Waals surface area contributed by atoms with Crippen molar-refractivity contribution >= 4 is 24.0 Å². The van der Waals surface area contributed by atoms with Gasteiger partial charge < -0.3 is 36.4 Å². The fourth-order valence-electron chi connectivity index (χ4n) is 5.23. The number of unbranched alkanes of at least 4 members (excludes halogenated alkanes) is 3. The van der Waals surface area contributed by atoms with Gasteiger partial charge >= 0.3 is 5.97 Å². The number of hydrogen-bond donors (Lipinski definition) is 4. The number of aromatic amines is 1. The minimum absolute atomic E-state index is 0.109. The zero-order valence-corrected chi connectivity index (χ0v) is 23.3. The van der Waals surface area contributed by atoms with Crippen LogP contribution in [0.25, 0.3) is 5.32 Å². The number of nitrogens with one attached hydrogen (secondary N) is 2. The highest BCUT2D eigenvalue weighted by molar-refractivity contribution is 5.83. The Labute approximate surface area is 236 Å². The molecule has 218 valence electrons. The van der Waals surface area contributed by atoms with Crippen LogP contribution in [0.2, 0.25) is 0 Å². The van der Waals surface area contributed by atoms with E-state index in [0.717, 1.165) is 63.2 Å². The van der Waals surface area contributed by atoms with Crippen molar-refractivity contribution in [3.05, 3.63) is 59.2 Å². The topological polar surface area (TPSA) is 171 Å². The normalized spacial score (nSPS) is 17.8. The molecule has 0 saturated carbocycles. The van der Waals surface area contributed by atoms with Crippen molar-refractivity contribution in [3.8, 4) is 5.88 Å². The molecule has 2 aromatic rings. The highest BCUT2D eigenvalue weighted by Crippen LogP contribution is 2.32. The van der Waals surface area contributed by atoms with Crippen LogP contribution in [0.5, 0.6) is 5.88 Å². The third-order valence-corrected chi connectivity index (χ3v) is 7.40. The van der Waals surface area contributed by atoms with E-state index >= 15 is 0 Å². The number of rotatable bonds is 18. The monoisotopic (exact) mass is 550 g/mol. The summed E-state index contributed by atoms with van der Waals surface area (Å²) in [6, 6.07) is 6.44. The molecule has 10 heteroatoms. The molecule has 0 aliphatic carbocycles. The lowest BCUT2D eigenvalue weighted by molar-refractivity contribution is -0.275. The molecule has 0 radical (unpaired) electrons. The van der Waals surface area contributed by atoms with Crippen LogP contribution in [0, 0.1) is 11.8 Å². The quantitative estimate of drug-likeness (QED) is 0.121. The highest BCUT2D eigenvalue weighted by atomic mass is 16.4. The molecule has 1 aliphatic heterocycles. The van der Waals surface area contributed by atoms with E-state index in [0.29, 0.717) is 42.7 Å². The highest BCUT2D eigenvalue weighted by Gasteiger charge is 2.25. The molecule has 2 aromatic heterocycles. The molecular formula is C30H42N6O4-2. The maximum Gasteiger partial charge on any atom is 0.328 e. The Morgan fingerprint density at radius 3 is 2.65 bits per heavy atom. The molecular weight excluding hydrogens is 508 g/mol. The predicted octanol–water partition coefficient (Wildman–Crippen LogP) is 4.36.